The number of hydrogen-bond donors (Lipinski definition) is 1. The fourth-order valence-electron chi connectivity index (χ4n) is 2.53. The number of benzene rings is 1. The molecule has 23 heavy (non-hydrogen) atoms. The van der Waals surface area contributed by atoms with E-state index in [-0.39, 0.29) is 5.91 Å². The van der Waals surface area contributed by atoms with Crippen LogP contribution in [0.1, 0.15) is 27.3 Å². The van der Waals surface area contributed by atoms with Crippen molar-refractivity contribution in [3.8, 4) is 5.69 Å². The lowest BCUT2D eigenvalue weighted by molar-refractivity contribution is 0.0950. The van der Waals surface area contributed by atoms with Crippen molar-refractivity contribution >= 4 is 5.91 Å². The van der Waals surface area contributed by atoms with E-state index in [1.165, 1.54) is 0 Å². The zero-order chi connectivity index (χ0) is 16.2. The van der Waals surface area contributed by atoms with Crippen LogP contribution in [0.4, 0.5) is 0 Å². The zero-order valence-electron chi connectivity index (χ0n) is 13.2. The third-order valence-corrected chi connectivity index (χ3v) is 3.81. The Kier molecular flexibility index (Phi) is 4.19. The third kappa shape index (κ3) is 3.13. The van der Waals surface area contributed by atoms with Gasteiger partial charge in [0.1, 0.15) is 0 Å². The van der Waals surface area contributed by atoms with Gasteiger partial charge < -0.3 is 5.32 Å². The first-order valence-corrected chi connectivity index (χ1v) is 7.45. The van der Waals surface area contributed by atoms with Crippen LogP contribution in [0.25, 0.3) is 5.69 Å². The van der Waals surface area contributed by atoms with Gasteiger partial charge in [0.2, 0.25) is 0 Å². The second-order valence-electron chi connectivity index (χ2n) is 5.32. The van der Waals surface area contributed by atoms with E-state index in [2.05, 4.69) is 15.4 Å². The van der Waals surface area contributed by atoms with Gasteiger partial charge in [0.25, 0.3) is 5.91 Å². The number of rotatable bonds is 4. The summed E-state index contributed by atoms with van der Waals surface area (Å²) in [5.41, 5.74) is 4.60. The number of para-hydroxylation sites is 1. The van der Waals surface area contributed by atoms with Gasteiger partial charge in [-0.15, -0.1) is 0 Å². The molecule has 0 saturated heterocycles. The number of amides is 1. The van der Waals surface area contributed by atoms with E-state index in [0.29, 0.717) is 12.1 Å². The topological polar surface area (TPSA) is 59.8 Å². The van der Waals surface area contributed by atoms with Crippen LogP contribution in [-0.4, -0.2) is 20.7 Å². The van der Waals surface area contributed by atoms with E-state index in [1.807, 2.05) is 48.9 Å². The molecule has 0 radical (unpaired) electrons. The maximum absolute atomic E-state index is 12.2. The van der Waals surface area contributed by atoms with Gasteiger partial charge in [0.05, 0.1) is 11.4 Å². The molecule has 0 fully saturated rings. The van der Waals surface area contributed by atoms with Crippen molar-refractivity contribution in [1.29, 1.82) is 0 Å². The van der Waals surface area contributed by atoms with Gasteiger partial charge in [-0.3, -0.25) is 9.78 Å². The van der Waals surface area contributed by atoms with Crippen molar-refractivity contribution < 1.29 is 4.79 Å². The van der Waals surface area contributed by atoms with Gasteiger partial charge in [-0.1, -0.05) is 18.2 Å². The van der Waals surface area contributed by atoms with Gasteiger partial charge in [-0.2, -0.15) is 5.10 Å². The lowest BCUT2D eigenvalue weighted by atomic mass is 10.2. The molecule has 1 amide bonds. The van der Waals surface area contributed by atoms with E-state index in [0.717, 1.165) is 22.6 Å². The summed E-state index contributed by atoms with van der Waals surface area (Å²) in [4.78, 5) is 16.1. The van der Waals surface area contributed by atoms with Crippen LogP contribution in [0.3, 0.4) is 0 Å². The third-order valence-electron chi connectivity index (χ3n) is 3.81. The number of hydrogen-bond acceptors (Lipinski definition) is 3. The molecule has 3 rings (SSSR count). The molecule has 0 unspecified atom stereocenters. The first-order valence-electron chi connectivity index (χ1n) is 7.45. The molecular formula is C18H18N4O. The average Bonchev–Trinajstić information content (AvgIpc) is 2.88. The van der Waals surface area contributed by atoms with Crippen LogP contribution >= 0.6 is 0 Å². The Morgan fingerprint density at radius 1 is 1.09 bits per heavy atom. The lowest BCUT2D eigenvalue weighted by Gasteiger charge is -2.07. The minimum Gasteiger partial charge on any atom is -0.348 e. The molecule has 2 aromatic heterocycles. The highest BCUT2D eigenvalue weighted by molar-refractivity contribution is 5.93. The number of nitrogens with zero attached hydrogens (tertiary/aromatic N) is 3. The van der Waals surface area contributed by atoms with Crippen molar-refractivity contribution in [2.45, 2.75) is 20.4 Å². The summed E-state index contributed by atoms with van der Waals surface area (Å²) in [6.07, 6.45) is 3.22. The summed E-state index contributed by atoms with van der Waals surface area (Å²) in [5, 5.41) is 7.53. The summed E-state index contributed by atoms with van der Waals surface area (Å²) >= 11 is 0. The summed E-state index contributed by atoms with van der Waals surface area (Å²) in [6, 6.07) is 13.4. The molecule has 5 nitrogen and oxygen atoms in total. The van der Waals surface area contributed by atoms with Crippen LogP contribution in [0, 0.1) is 13.8 Å². The molecule has 0 aliphatic carbocycles. The fraction of sp³-hybridized carbons (Fsp3) is 0.167. The van der Waals surface area contributed by atoms with Gasteiger partial charge in [-0.05, 0) is 38.1 Å². The zero-order valence-corrected chi connectivity index (χ0v) is 13.2. The van der Waals surface area contributed by atoms with E-state index in [1.54, 1.807) is 24.5 Å². The predicted octanol–water partition coefficient (Wildman–Crippen LogP) is 2.81. The molecule has 116 valence electrons. The van der Waals surface area contributed by atoms with E-state index in [4.69, 9.17) is 0 Å². The van der Waals surface area contributed by atoms with Crippen molar-refractivity contribution in [3.05, 3.63) is 77.4 Å². The maximum atomic E-state index is 12.2. The SMILES string of the molecule is Cc1nn(-c2ccccc2)c(C)c1CNC(=O)c1ccncc1. The number of aryl methyl sites for hydroxylation is 1. The highest BCUT2D eigenvalue weighted by Gasteiger charge is 2.14. The minimum atomic E-state index is -0.112. The molecule has 0 bridgehead atoms. The number of aromatic nitrogens is 3. The van der Waals surface area contributed by atoms with Crippen molar-refractivity contribution in [2.24, 2.45) is 0 Å². The van der Waals surface area contributed by atoms with Crippen LogP contribution in [0.15, 0.2) is 54.9 Å². The number of pyridine rings is 1. The van der Waals surface area contributed by atoms with E-state index in [9.17, 15) is 4.79 Å². The molecule has 2 heterocycles. The Morgan fingerprint density at radius 2 is 1.78 bits per heavy atom. The second kappa shape index (κ2) is 6.44. The summed E-state index contributed by atoms with van der Waals surface area (Å²) < 4.78 is 1.91. The minimum absolute atomic E-state index is 0.112. The van der Waals surface area contributed by atoms with Gasteiger partial charge in [-0.25, -0.2) is 4.68 Å². The fourth-order valence-corrected chi connectivity index (χ4v) is 2.53. The molecule has 1 aromatic carbocycles. The Balaban J connectivity index is 1.79. The highest BCUT2D eigenvalue weighted by atomic mass is 16.1. The van der Waals surface area contributed by atoms with Crippen LogP contribution in [0.5, 0.6) is 0 Å². The Morgan fingerprint density at radius 3 is 2.48 bits per heavy atom. The van der Waals surface area contributed by atoms with Crippen molar-refractivity contribution in [3.63, 3.8) is 0 Å². The Hall–Kier alpha value is -2.95. The van der Waals surface area contributed by atoms with Crippen molar-refractivity contribution in [2.75, 3.05) is 0 Å². The van der Waals surface area contributed by atoms with Crippen LogP contribution < -0.4 is 5.32 Å². The molecule has 0 aliphatic rings. The predicted molar refractivity (Wildman–Crippen MR) is 88.4 cm³/mol. The van der Waals surface area contributed by atoms with Crippen molar-refractivity contribution in [1.82, 2.24) is 20.1 Å². The molecule has 0 spiro atoms. The number of nitrogens with one attached hydrogen (secondary N) is 1. The molecule has 0 aliphatic heterocycles. The van der Waals surface area contributed by atoms with E-state index < -0.39 is 0 Å². The summed E-state index contributed by atoms with van der Waals surface area (Å²) in [6.45, 7) is 4.42. The standard InChI is InChI=1S/C18H18N4O/c1-13-17(12-20-18(23)15-8-10-19-11-9-15)14(2)22(21-13)16-6-4-3-5-7-16/h3-11H,12H2,1-2H3,(H,20,23). The first kappa shape index (κ1) is 15.0. The van der Waals surface area contributed by atoms with E-state index >= 15 is 0 Å². The largest absolute Gasteiger partial charge is 0.348 e. The lowest BCUT2D eigenvalue weighted by Crippen LogP contribution is -2.23. The maximum Gasteiger partial charge on any atom is 0.251 e. The average molecular weight is 306 g/mol. The normalized spacial score (nSPS) is 10.5. The summed E-state index contributed by atoms with van der Waals surface area (Å²) in [5.74, 6) is -0.112. The van der Waals surface area contributed by atoms with Crippen LogP contribution in [0.2, 0.25) is 0 Å². The summed E-state index contributed by atoms with van der Waals surface area (Å²) in [7, 11) is 0. The van der Waals surface area contributed by atoms with Crippen LogP contribution in [-0.2, 0) is 6.54 Å². The number of carbonyl (C=O) groups is 1. The quantitative estimate of drug-likeness (QED) is 0.806. The van der Waals surface area contributed by atoms with Gasteiger partial charge in [0, 0.05) is 35.8 Å². The van der Waals surface area contributed by atoms with Gasteiger partial charge in [0.15, 0.2) is 0 Å². The molecular weight excluding hydrogens is 288 g/mol. The Bertz CT molecular complexity index is 810. The smallest absolute Gasteiger partial charge is 0.251 e. The molecule has 0 atom stereocenters. The molecule has 0 saturated carbocycles. The molecule has 5 heteroatoms. The highest BCUT2D eigenvalue weighted by Crippen LogP contribution is 2.17. The molecule has 3 aromatic rings. The van der Waals surface area contributed by atoms with Gasteiger partial charge >= 0.3 is 0 Å². The Labute approximate surface area is 135 Å². The number of carbonyl (C=O) groups excluding carboxylic acids is 1. The first-order chi connectivity index (χ1) is 11.2. The second-order valence-corrected chi connectivity index (χ2v) is 5.32. The molecule has 1 N–H and O–H groups in total. The monoisotopic (exact) mass is 306 g/mol.